The van der Waals surface area contributed by atoms with E-state index in [1.807, 2.05) is 0 Å². The summed E-state index contributed by atoms with van der Waals surface area (Å²) in [7, 11) is -1.09. The fourth-order valence-corrected chi connectivity index (χ4v) is 8.07. The highest BCUT2D eigenvalue weighted by Crippen LogP contribution is 2.57. The molecule has 1 N–H and O–H groups in total. The lowest BCUT2D eigenvalue weighted by molar-refractivity contribution is -0.275. The molecule has 3 aliphatic heterocycles. The Morgan fingerprint density at radius 3 is 2.53 bits per heavy atom. The molecule has 47 heavy (non-hydrogen) atoms. The third-order valence-electron chi connectivity index (χ3n) is 8.18. The van der Waals surface area contributed by atoms with E-state index in [1.165, 1.54) is 61.3 Å². The quantitative estimate of drug-likeness (QED) is 0.391. The number of aliphatic hydroxyl groups excluding tert-OH is 1. The number of anilines is 1. The van der Waals surface area contributed by atoms with Gasteiger partial charge in [-0.15, -0.1) is 13.2 Å². The number of fused-ring (bicyclic) bond motifs is 2. The number of amides is 2. The number of carbonyl (C=O) groups is 2. The number of likely N-dealkylation sites (tertiary alicyclic amines) is 1. The molecule has 1 fully saturated rings. The lowest BCUT2D eigenvalue weighted by atomic mass is 9.80. The maximum Gasteiger partial charge on any atom is 0.573 e. The number of alkyl halides is 3. The van der Waals surface area contributed by atoms with Gasteiger partial charge in [0.25, 0.3) is 15.9 Å². The Labute approximate surface area is 271 Å². The van der Waals surface area contributed by atoms with Gasteiger partial charge in [0.05, 0.1) is 24.9 Å². The molecule has 1 unspecified atom stereocenters. The number of halogens is 4. The molecule has 0 aromatic heterocycles. The normalized spacial score (nSPS) is 22.4. The largest absolute Gasteiger partial charge is 0.573 e. The second-order valence-corrected chi connectivity index (χ2v) is 13.3. The standard InChI is InChI=1S/C30H27ClF3N3O9S/c1-35(2)27(39)22-12-17(38)14-36(22)29(19-5-4-6-23-26(19)45-15-44-23)20-11-16(31)7-9-21(20)37(28(29)40)47(41,42)25-10-8-18(43-3)13-24(25)46-30(32,33)34/h4-11,13,17,22,38H,12,14-15H2,1-3H3/t17-,22+,29?/m1/s1. The van der Waals surface area contributed by atoms with Crippen molar-refractivity contribution < 1.29 is 55.2 Å². The maximum atomic E-state index is 15.2. The van der Waals surface area contributed by atoms with Crippen molar-refractivity contribution in [2.24, 2.45) is 0 Å². The Morgan fingerprint density at radius 2 is 1.85 bits per heavy atom. The summed E-state index contributed by atoms with van der Waals surface area (Å²) in [6.45, 7) is -0.529. The van der Waals surface area contributed by atoms with Gasteiger partial charge in [-0.2, -0.15) is 0 Å². The zero-order valence-electron chi connectivity index (χ0n) is 24.9. The molecule has 0 bridgehead atoms. The van der Waals surface area contributed by atoms with Gasteiger partial charge in [-0.05, 0) is 42.8 Å². The smallest absolute Gasteiger partial charge is 0.497 e. The van der Waals surface area contributed by atoms with Crippen LogP contribution in [0.25, 0.3) is 0 Å². The second-order valence-electron chi connectivity index (χ2n) is 11.1. The lowest BCUT2D eigenvalue weighted by Crippen LogP contribution is -2.59. The van der Waals surface area contributed by atoms with Crippen LogP contribution in [-0.4, -0.2) is 88.2 Å². The van der Waals surface area contributed by atoms with E-state index in [0.29, 0.717) is 4.31 Å². The molecule has 6 rings (SSSR count). The van der Waals surface area contributed by atoms with Crippen molar-refractivity contribution in [3.63, 3.8) is 0 Å². The monoisotopic (exact) mass is 697 g/mol. The van der Waals surface area contributed by atoms with E-state index in [0.717, 1.165) is 18.2 Å². The Bertz CT molecular complexity index is 1890. The molecule has 250 valence electrons. The second kappa shape index (κ2) is 11.5. The van der Waals surface area contributed by atoms with Crippen molar-refractivity contribution in [1.82, 2.24) is 9.80 Å². The highest BCUT2D eigenvalue weighted by Gasteiger charge is 2.64. The van der Waals surface area contributed by atoms with Crippen LogP contribution in [0.5, 0.6) is 23.0 Å². The molecule has 3 aromatic rings. The van der Waals surface area contributed by atoms with Gasteiger partial charge in [0.2, 0.25) is 12.7 Å². The Balaban J connectivity index is 1.66. The number of benzene rings is 3. The first kappa shape index (κ1) is 32.7. The first-order chi connectivity index (χ1) is 22.1. The van der Waals surface area contributed by atoms with Crippen LogP contribution in [0.2, 0.25) is 5.02 Å². The van der Waals surface area contributed by atoms with E-state index in [9.17, 15) is 31.5 Å². The molecule has 2 amide bonds. The summed E-state index contributed by atoms with van der Waals surface area (Å²) in [5.41, 5.74) is -2.45. The summed E-state index contributed by atoms with van der Waals surface area (Å²) in [6, 6.07) is 9.96. The number of rotatable bonds is 7. The molecule has 0 radical (unpaired) electrons. The Hall–Kier alpha value is -4.25. The van der Waals surface area contributed by atoms with Crippen LogP contribution in [0.1, 0.15) is 17.5 Å². The van der Waals surface area contributed by atoms with Crippen LogP contribution >= 0.6 is 11.6 Å². The molecule has 12 nitrogen and oxygen atoms in total. The number of likely N-dealkylation sites (N-methyl/N-ethyl adjacent to an activating group) is 1. The molecule has 0 saturated carbocycles. The van der Waals surface area contributed by atoms with Crippen molar-refractivity contribution >= 4 is 39.1 Å². The highest BCUT2D eigenvalue weighted by molar-refractivity contribution is 7.93. The molecule has 3 atom stereocenters. The lowest BCUT2D eigenvalue weighted by Gasteiger charge is -2.41. The number of sulfonamides is 1. The topological polar surface area (TPSA) is 135 Å². The zero-order valence-corrected chi connectivity index (χ0v) is 26.5. The zero-order chi connectivity index (χ0) is 34.1. The molecule has 17 heteroatoms. The molecule has 0 spiro atoms. The SMILES string of the molecule is COc1ccc(S(=O)(=O)N2C(=O)C(c3cccc4c3OCO4)(N3C[C@H](O)C[C@H]3C(=O)N(C)C)c3cc(Cl)ccc32)c(OC(F)(F)F)c1. The van der Waals surface area contributed by atoms with Crippen molar-refractivity contribution in [3.8, 4) is 23.0 Å². The summed E-state index contributed by atoms with van der Waals surface area (Å²) >= 11 is 6.46. The molecule has 0 aliphatic carbocycles. The van der Waals surface area contributed by atoms with Crippen LogP contribution in [0.15, 0.2) is 59.5 Å². The average molecular weight is 698 g/mol. The number of aliphatic hydroxyl groups is 1. The highest BCUT2D eigenvalue weighted by atomic mass is 35.5. The van der Waals surface area contributed by atoms with Crippen LogP contribution in [-0.2, 0) is 25.2 Å². The predicted octanol–water partition coefficient (Wildman–Crippen LogP) is 3.48. The van der Waals surface area contributed by atoms with E-state index in [4.69, 9.17) is 25.8 Å². The van der Waals surface area contributed by atoms with E-state index < -0.39 is 56.5 Å². The van der Waals surface area contributed by atoms with Gasteiger partial charge < -0.3 is 29.0 Å². The number of para-hydroxylation sites is 1. The van der Waals surface area contributed by atoms with Gasteiger partial charge >= 0.3 is 6.36 Å². The van der Waals surface area contributed by atoms with Crippen LogP contribution in [0.3, 0.4) is 0 Å². The van der Waals surface area contributed by atoms with Crippen LogP contribution in [0.4, 0.5) is 18.9 Å². The minimum atomic E-state index is -5.31. The van der Waals surface area contributed by atoms with Gasteiger partial charge in [0, 0.05) is 42.9 Å². The van der Waals surface area contributed by atoms with E-state index in [1.54, 1.807) is 6.07 Å². The van der Waals surface area contributed by atoms with Gasteiger partial charge in [-0.3, -0.25) is 14.5 Å². The first-order valence-electron chi connectivity index (χ1n) is 14.0. The molecular formula is C30H27ClF3N3O9S. The van der Waals surface area contributed by atoms with E-state index >= 15 is 4.79 Å². The minimum absolute atomic E-state index is 0.0278. The molecule has 3 heterocycles. The summed E-state index contributed by atoms with van der Waals surface area (Å²) < 4.78 is 90.5. The average Bonchev–Trinajstić information content (AvgIpc) is 3.70. The number of hydrogen-bond donors (Lipinski definition) is 1. The fourth-order valence-electron chi connectivity index (χ4n) is 6.34. The van der Waals surface area contributed by atoms with Gasteiger partial charge in [-0.1, -0.05) is 23.7 Å². The van der Waals surface area contributed by atoms with Gasteiger partial charge in [0.1, 0.15) is 10.6 Å². The first-order valence-corrected chi connectivity index (χ1v) is 15.8. The fraction of sp³-hybridized carbons (Fsp3) is 0.333. The maximum absolute atomic E-state index is 15.2. The summed E-state index contributed by atoms with van der Waals surface area (Å²) in [5, 5.41) is 11.0. The van der Waals surface area contributed by atoms with Crippen LogP contribution in [0, 0.1) is 0 Å². The third-order valence-corrected chi connectivity index (χ3v) is 10.1. The van der Waals surface area contributed by atoms with Crippen molar-refractivity contribution in [3.05, 3.63) is 70.7 Å². The number of hydrogen-bond acceptors (Lipinski definition) is 10. The van der Waals surface area contributed by atoms with Gasteiger partial charge in [0.15, 0.2) is 22.8 Å². The van der Waals surface area contributed by atoms with E-state index in [-0.39, 0.29) is 58.8 Å². The third kappa shape index (κ3) is 5.19. The molecule has 3 aromatic carbocycles. The Morgan fingerprint density at radius 1 is 1.11 bits per heavy atom. The summed E-state index contributed by atoms with van der Waals surface area (Å²) in [6.07, 6.45) is -6.57. The number of β-amino-alcohol motifs (C(OH)–C–C–N with tert-alkyl or cyclic N) is 1. The van der Waals surface area contributed by atoms with Crippen LogP contribution < -0.4 is 23.3 Å². The molecule has 3 aliphatic rings. The number of ether oxygens (including phenoxy) is 4. The van der Waals surface area contributed by atoms with E-state index in [2.05, 4.69) is 4.74 Å². The minimum Gasteiger partial charge on any atom is -0.497 e. The van der Waals surface area contributed by atoms with Gasteiger partial charge in [-0.25, -0.2) is 12.7 Å². The summed E-state index contributed by atoms with van der Waals surface area (Å²) in [5.74, 6) is -2.71. The van der Waals surface area contributed by atoms with Crippen molar-refractivity contribution in [2.75, 3.05) is 38.8 Å². The van der Waals surface area contributed by atoms with Crippen molar-refractivity contribution in [2.45, 2.75) is 35.4 Å². The number of methoxy groups -OCH3 is 1. The number of carbonyl (C=O) groups excluding carboxylic acids is 2. The Kier molecular flexibility index (Phi) is 7.97. The molecule has 1 saturated heterocycles. The summed E-state index contributed by atoms with van der Waals surface area (Å²) in [4.78, 5) is 30.5. The molecular weight excluding hydrogens is 671 g/mol. The number of nitrogens with zero attached hydrogens (tertiary/aromatic N) is 3. The van der Waals surface area contributed by atoms with Crippen molar-refractivity contribution in [1.29, 1.82) is 0 Å². The predicted molar refractivity (Wildman–Crippen MR) is 159 cm³/mol.